The number of rotatable bonds is 3. The van der Waals surface area contributed by atoms with Crippen molar-refractivity contribution < 1.29 is 13.2 Å². The molecule has 0 aliphatic heterocycles. The maximum atomic E-state index is 14.9. The molecule has 0 aliphatic rings. The number of halogens is 3. The van der Waals surface area contributed by atoms with Gasteiger partial charge in [-0.25, -0.2) is 13.2 Å². The second kappa shape index (κ2) is 10.8. The van der Waals surface area contributed by atoms with Crippen LogP contribution in [-0.4, -0.2) is 0 Å². The summed E-state index contributed by atoms with van der Waals surface area (Å²) < 4.78 is 44.0. The molecule has 0 aromatic heterocycles. The maximum absolute atomic E-state index is 14.9. The van der Waals surface area contributed by atoms with E-state index in [-0.39, 0.29) is 11.0 Å². The lowest BCUT2D eigenvalue weighted by Crippen LogP contribution is -2.10. The number of fused-ring (bicyclic) bond motifs is 5. The highest BCUT2D eigenvalue weighted by Crippen LogP contribution is 2.47. The first-order valence-corrected chi connectivity index (χ1v) is 15.8. The molecule has 8 rings (SSSR count). The Morgan fingerprint density at radius 3 is 1.60 bits per heavy atom. The molecular weight excluding hydrogens is 585 g/mol. The molecule has 0 spiro atoms. The van der Waals surface area contributed by atoms with E-state index < -0.39 is 17.5 Å². The molecule has 0 heterocycles. The van der Waals surface area contributed by atoms with E-state index in [1.165, 1.54) is 10.9 Å². The van der Waals surface area contributed by atoms with Crippen LogP contribution < -0.4 is 0 Å². The highest BCUT2D eigenvalue weighted by Gasteiger charge is 2.22. The van der Waals surface area contributed by atoms with E-state index in [4.69, 9.17) is 0 Å². The Balaban J connectivity index is 1.52. The van der Waals surface area contributed by atoms with Gasteiger partial charge < -0.3 is 0 Å². The highest BCUT2D eigenvalue weighted by atomic mass is 19.2. The van der Waals surface area contributed by atoms with Crippen molar-refractivity contribution in [3.8, 4) is 33.4 Å². The Morgan fingerprint density at radius 2 is 0.936 bits per heavy atom. The van der Waals surface area contributed by atoms with Crippen LogP contribution >= 0.6 is 0 Å². The van der Waals surface area contributed by atoms with Gasteiger partial charge in [-0.1, -0.05) is 130 Å². The highest BCUT2D eigenvalue weighted by molar-refractivity contribution is 6.26. The lowest BCUT2D eigenvalue weighted by atomic mass is 9.82. The van der Waals surface area contributed by atoms with Crippen LogP contribution in [0.5, 0.6) is 0 Å². The van der Waals surface area contributed by atoms with E-state index >= 15 is 0 Å². The van der Waals surface area contributed by atoms with Crippen molar-refractivity contribution in [2.75, 3.05) is 0 Å². The van der Waals surface area contributed by atoms with Crippen molar-refractivity contribution in [2.24, 2.45) is 0 Å². The zero-order valence-electron chi connectivity index (χ0n) is 26.3. The van der Waals surface area contributed by atoms with Gasteiger partial charge in [-0.05, 0) is 112 Å². The molecule has 0 amide bonds. The van der Waals surface area contributed by atoms with Gasteiger partial charge in [0.25, 0.3) is 0 Å². The summed E-state index contributed by atoms with van der Waals surface area (Å²) in [5.41, 5.74) is 6.33. The fourth-order valence-electron chi connectivity index (χ4n) is 7.08. The molecule has 0 saturated carbocycles. The monoisotopic (exact) mass is 616 g/mol. The zero-order valence-corrected chi connectivity index (χ0v) is 26.3. The molecular formula is C44H31F3. The van der Waals surface area contributed by atoms with Crippen LogP contribution in [0.3, 0.4) is 0 Å². The van der Waals surface area contributed by atoms with E-state index in [0.29, 0.717) is 5.56 Å². The van der Waals surface area contributed by atoms with Gasteiger partial charge in [0.1, 0.15) is 0 Å². The predicted molar refractivity (Wildman–Crippen MR) is 191 cm³/mol. The average Bonchev–Trinajstić information content (AvgIpc) is 3.08. The lowest BCUT2D eigenvalue weighted by Gasteiger charge is -2.21. The second-order valence-electron chi connectivity index (χ2n) is 13.3. The fourth-order valence-corrected chi connectivity index (χ4v) is 7.08. The third-order valence-corrected chi connectivity index (χ3v) is 9.42. The van der Waals surface area contributed by atoms with Gasteiger partial charge >= 0.3 is 0 Å². The molecule has 0 unspecified atom stereocenters. The quantitative estimate of drug-likeness (QED) is 0.105. The fraction of sp³-hybridized carbons (Fsp3) is 0.0909. The molecule has 8 aromatic carbocycles. The third kappa shape index (κ3) is 4.77. The van der Waals surface area contributed by atoms with Crippen LogP contribution in [0.1, 0.15) is 26.3 Å². The topological polar surface area (TPSA) is 0 Å². The number of hydrogen-bond donors (Lipinski definition) is 0. The molecule has 228 valence electrons. The Morgan fingerprint density at radius 1 is 0.404 bits per heavy atom. The molecule has 0 atom stereocenters. The zero-order chi connectivity index (χ0) is 32.4. The molecule has 0 fully saturated rings. The van der Waals surface area contributed by atoms with Crippen LogP contribution in [0.4, 0.5) is 13.2 Å². The van der Waals surface area contributed by atoms with Crippen molar-refractivity contribution in [3.05, 3.63) is 156 Å². The van der Waals surface area contributed by atoms with Crippen LogP contribution in [0, 0.1) is 17.5 Å². The maximum Gasteiger partial charge on any atom is 0.194 e. The number of hydrogen-bond acceptors (Lipinski definition) is 0. The summed E-state index contributed by atoms with van der Waals surface area (Å²) in [6.45, 7) is 6.57. The van der Waals surface area contributed by atoms with Crippen LogP contribution in [0.25, 0.3) is 76.5 Å². The van der Waals surface area contributed by atoms with Crippen LogP contribution in [0.15, 0.2) is 133 Å². The summed E-state index contributed by atoms with van der Waals surface area (Å²) in [4.78, 5) is 0. The largest absolute Gasteiger partial charge is 0.204 e. The van der Waals surface area contributed by atoms with E-state index in [0.717, 1.165) is 72.1 Å². The summed E-state index contributed by atoms with van der Waals surface area (Å²) in [5, 5.41) is 8.13. The minimum atomic E-state index is -1.47. The van der Waals surface area contributed by atoms with Crippen molar-refractivity contribution >= 4 is 43.1 Å². The molecule has 3 heteroatoms. The van der Waals surface area contributed by atoms with Crippen LogP contribution in [-0.2, 0) is 5.41 Å². The smallest absolute Gasteiger partial charge is 0.194 e. The molecule has 47 heavy (non-hydrogen) atoms. The van der Waals surface area contributed by atoms with E-state index in [2.05, 4.69) is 124 Å². The molecule has 0 saturated heterocycles. The normalized spacial score (nSPS) is 12.0. The minimum absolute atomic E-state index is 0.0161. The average molecular weight is 617 g/mol. The van der Waals surface area contributed by atoms with Gasteiger partial charge in [-0.15, -0.1) is 0 Å². The lowest BCUT2D eigenvalue weighted by molar-refractivity contribution is 0.448. The Labute approximate surface area is 271 Å². The van der Waals surface area contributed by atoms with Gasteiger partial charge in [-0.2, -0.15) is 0 Å². The first-order chi connectivity index (χ1) is 22.7. The van der Waals surface area contributed by atoms with Crippen molar-refractivity contribution in [1.82, 2.24) is 0 Å². The minimum Gasteiger partial charge on any atom is -0.204 e. The first-order valence-electron chi connectivity index (χ1n) is 15.8. The molecule has 0 aliphatic carbocycles. The summed E-state index contributed by atoms with van der Waals surface area (Å²) >= 11 is 0. The van der Waals surface area contributed by atoms with E-state index in [1.54, 1.807) is 0 Å². The van der Waals surface area contributed by atoms with Gasteiger partial charge in [0, 0.05) is 0 Å². The van der Waals surface area contributed by atoms with Gasteiger partial charge in [0.2, 0.25) is 0 Å². The summed E-state index contributed by atoms with van der Waals surface area (Å²) in [6.07, 6.45) is 0. The standard InChI is InChI=1S/C44H31F3/c1-44(2,3)30-19-16-26(17-20-30)27-18-21-36-38(22-27)41(29-24-39(45)43(47)40(46)25-29)34-14-8-9-15-35(34)42(36)37-23-28-10-4-5-11-31(28)32-12-6-7-13-33(32)37/h4-25H,1-3H3. The summed E-state index contributed by atoms with van der Waals surface area (Å²) in [7, 11) is 0. The Bertz CT molecular complexity index is 2490. The second-order valence-corrected chi connectivity index (χ2v) is 13.3. The Kier molecular flexibility index (Phi) is 6.70. The van der Waals surface area contributed by atoms with Gasteiger partial charge in [0.05, 0.1) is 0 Å². The SMILES string of the molecule is CC(C)(C)c1ccc(-c2ccc3c(-c4cc5ccccc5c5ccccc45)c4ccccc4c(-c4cc(F)c(F)c(F)c4)c3c2)cc1. The van der Waals surface area contributed by atoms with Gasteiger partial charge in [0.15, 0.2) is 17.5 Å². The molecule has 0 radical (unpaired) electrons. The van der Waals surface area contributed by atoms with Crippen LogP contribution in [0.2, 0.25) is 0 Å². The Hall–Kier alpha value is -5.41. The van der Waals surface area contributed by atoms with E-state index in [9.17, 15) is 13.2 Å². The predicted octanol–water partition coefficient (Wildman–Crippen LogP) is 13.0. The van der Waals surface area contributed by atoms with Crippen molar-refractivity contribution in [1.29, 1.82) is 0 Å². The number of benzene rings is 8. The molecule has 0 N–H and O–H groups in total. The van der Waals surface area contributed by atoms with Crippen molar-refractivity contribution in [2.45, 2.75) is 26.2 Å². The molecule has 8 aromatic rings. The molecule has 0 bridgehead atoms. The van der Waals surface area contributed by atoms with Crippen molar-refractivity contribution in [3.63, 3.8) is 0 Å². The van der Waals surface area contributed by atoms with E-state index in [1.807, 2.05) is 18.2 Å². The first kappa shape index (κ1) is 29.0. The van der Waals surface area contributed by atoms with Gasteiger partial charge in [-0.3, -0.25) is 0 Å². The third-order valence-electron chi connectivity index (χ3n) is 9.42. The molecule has 0 nitrogen and oxygen atoms in total. The summed E-state index contributed by atoms with van der Waals surface area (Å²) in [5.74, 6) is -3.90. The summed E-state index contributed by atoms with van der Waals surface area (Å²) in [6, 6.07) is 44.1.